The Morgan fingerprint density at radius 3 is 2.75 bits per heavy atom. The molecule has 2 aromatic rings. The van der Waals surface area contributed by atoms with Gasteiger partial charge in [0.05, 0.1) is 18.7 Å². The lowest BCUT2D eigenvalue weighted by molar-refractivity contribution is 0.305. The van der Waals surface area contributed by atoms with Crippen molar-refractivity contribution < 1.29 is 9.47 Å². The van der Waals surface area contributed by atoms with Crippen molar-refractivity contribution in [3.8, 4) is 17.6 Å². The maximum absolute atomic E-state index is 8.85. The quantitative estimate of drug-likeness (QED) is 0.782. The zero-order valence-electron chi connectivity index (χ0n) is 11.4. The van der Waals surface area contributed by atoms with Crippen LogP contribution < -0.4 is 9.47 Å². The standard InChI is InChI=1S/C16H15NO2S/c1-18-15-9-13(6-7-16(15)20-2)11-19-14-5-3-4-12(8-14)10-17/h3-9H,11H2,1-2H3. The molecule has 2 rings (SSSR count). The molecule has 0 aromatic heterocycles. The predicted molar refractivity (Wildman–Crippen MR) is 80.3 cm³/mol. The maximum Gasteiger partial charge on any atom is 0.132 e. The molecule has 3 nitrogen and oxygen atoms in total. The molecule has 4 heteroatoms. The average Bonchev–Trinajstić information content (AvgIpc) is 2.52. The van der Waals surface area contributed by atoms with Crippen LogP contribution in [0.3, 0.4) is 0 Å². The first-order valence-electron chi connectivity index (χ1n) is 6.10. The largest absolute Gasteiger partial charge is 0.496 e. The van der Waals surface area contributed by atoms with E-state index in [-0.39, 0.29) is 0 Å². The van der Waals surface area contributed by atoms with Gasteiger partial charge in [0.15, 0.2) is 0 Å². The fourth-order valence-electron chi connectivity index (χ4n) is 1.79. The predicted octanol–water partition coefficient (Wildman–Crippen LogP) is 3.87. The van der Waals surface area contributed by atoms with Gasteiger partial charge in [-0.15, -0.1) is 11.8 Å². The lowest BCUT2D eigenvalue weighted by atomic mass is 10.2. The highest BCUT2D eigenvalue weighted by Gasteiger charge is 2.04. The van der Waals surface area contributed by atoms with E-state index in [1.165, 1.54) is 0 Å². The molecule has 0 heterocycles. The summed E-state index contributed by atoms with van der Waals surface area (Å²) in [6, 6.07) is 15.2. The van der Waals surface area contributed by atoms with E-state index in [0.29, 0.717) is 17.9 Å². The first-order chi connectivity index (χ1) is 9.76. The summed E-state index contributed by atoms with van der Waals surface area (Å²) in [7, 11) is 1.66. The van der Waals surface area contributed by atoms with Gasteiger partial charge in [0.1, 0.15) is 18.1 Å². The van der Waals surface area contributed by atoms with Crippen molar-refractivity contribution in [2.24, 2.45) is 0 Å². The Bertz CT molecular complexity index is 635. The third-order valence-corrected chi connectivity index (χ3v) is 3.59. The molecule has 102 valence electrons. The molecule has 0 saturated heterocycles. The van der Waals surface area contributed by atoms with Crippen LogP contribution in [0.25, 0.3) is 0 Å². The van der Waals surface area contributed by atoms with Crippen molar-refractivity contribution >= 4 is 11.8 Å². The monoisotopic (exact) mass is 285 g/mol. The summed E-state index contributed by atoms with van der Waals surface area (Å²) in [4.78, 5) is 1.10. The number of methoxy groups -OCH3 is 1. The molecule has 0 saturated carbocycles. The van der Waals surface area contributed by atoms with Crippen molar-refractivity contribution in [1.29, 1.82) is 5.26 Å². The second-order valence-electron chi connectivity index (χ2n) is 4.12. The molecule has 0 unspecified atom stereocenters. The molecule has 0 amide bonds. The highest BCUT2D eigenvalue weighted by molar-refractivity contribution is 7.98. The molecule has 0 spiro atoms. The molecule has 0 aliphatic rings. The van der Waals surface area contributed by atoms with Gasteiger partial charge < -0.3 is 9.47 Å². The number of hydrogen-bond donors (Lipinski definition) is 0. The van der Waals surface area contributed by atoms with Gasteiger partial charge in [-0.1, -0.05) is 12.1 Å². The minimum atomic E-state index is 0.444. The van der Waals surface area contributed by atoms with Crippen molar-refractivity contribution in [3.63, 3.8) is 0 Å². The molecule has 0 aliphatic heterocycles. The molecule has 2 aromatic carbocycles. The lowest BCUT2D eigenvalue weighted by Gasteiger charge is -2.10. The van der Waals surface area contributed by atoms with E-state index in [1.54, 1.807) is 31.0 Å². The fourth-order valence-corrected chi connectivity index (χ4v) is 2.34. The number of nitriles is 1. The average molecular weight is 285 g/mol. The molecule has 0 radical (unpaired) electrons. The number of thioether (sulfide) groups is 1. The Labute approximate surface area is 123 Å². The van der Waals surface area contributed by atoms with Gasteiger partial charge in [-0.3, -0.25) is 0 Å². The zero-order chi connectivity index (χ0) is 14.4. The van der Waals surface area contributed by atoms with Crippen LogP contribution in [0.4, 0.5) is 0 Å². The second-order valence-corrected chi connectivity index (χ2v) is 4.97. The van der Waals surface area contributed by atoms with E-state index in [2.05, 4.69) is 6.07 Å². The van der Waals surface area contributed by atoms with E-state index in [1.807, 2.05) is 36.6 Å². The highest BCUT2D eigenvalue weighted by atomic mass is 32.2. The maximum atomic E-state index is 8.85. The van der Waals surface area contributed by atoms with Crippen molar-refractivity contribution in [1.82, 2.24) is 0 Å². The van der Waals surface area contributed by atoms with Crippen molar-refractivity contribution in [2.75, 3.05) is 13.4 Å². The summed E-state index contributed by atoms with van der Waals surface area (Å²) >= 11 is 1.65. The van der Waals surface area contributed by atoms with Gasteiger partial charge in [0, 0.05) is 4.90 Å². The number of ether oxygens (including phenoxy) is 2. The number of rotatable bonds is 5. The summed E-state index contributed by atoms with van der Waals surface area (Å²) in [6.45, 7) is 0.444. The van der Waals surface area contributed by atoms with Crippen LogP contribution in [0.5, 0.6) is 11.5 Å². The van der Waals surface area contributed by atoms with E-state index >= 15 is 0 Å². The first-order valence-corrected chi connectivity index (χ1v) is 7.33. The normalized spacial score (nSPS) is 9.85. The molecule has 20 heavy (non-hydrogen) atoms. The Kier molecular flexibility index (Phi) is 4.91. The summed E-state index contributed by atoms with van der Waals surface area (Å²) in [5.74, 6) is 1.54. The summed E-state index contributed by atoms with van der Waals surface area (Å²) in [5.41, 5.74) is 1.62. The van der Waals surface area contributed by atoms with Crippen LogP contribution in [0, 0.1) is 11.3 Å². The Balaban J connectivity index is 2.09. The first kappa shape index (κ1) is 14.3. The van der Waals surface area contributed by atoms with E-state index < -0.39 is 0 Å². The molecule has 0 fully saturated rings. The SMILES string of the molecule is COc1cc(COc2cccc(C#N)c2)ccc1SC. The van der Waals surface area contributed by atoms with Crippen LogP contribution in [0.1, 0.15) is 11.1 Å². The van der Waals surface area contributed by atoms with Gasteiger partial charge in [-0.25, -0.2) is 0 Å². The second kappa shape index (κ2) is 6.88. The van der Waals surface area contributed by atoms with Crippen molar-refractivity contribution in [2.45, 2.75) is 11.5 Å². The van der Waals surface area contributed by atoms with Crippen LogP contribution >= 0.6 is 11.8 Å². The molecular weight excluding hydrogens is 270 g/mol. The minimum Gasteiger partial charge on any atom is -0.496 e. The zero-order valence-corrected chi connectivity index (χ0v) is 12.2. The minimum absolute atomic E-state index is 0.444. The lowest BCUT2D eigenvalue weighted by Crippen LogP contribution is -1.97. The number of benzene rings is 2. The molecular formula is C16H15NO2S. The van der Waals surface area contributed by atoms with Crippen LogP contribution in [-0.4, -0.2) is 13.4 Å². The number of hydrogen-bond acceptors (Lipinski definition) is 4. The topological polar surface area (TPSA) is 42.2 Å². The molecule has 0 bridgehead atoms. The third kappa shape index (κ3) is 3.46. The Morgan fingerprint density at radius 2 is 2.05 bits per heavy atom. The Morgan fingerprint density at radius 1 is 1.20 bits per heavy atom. The highest BCUT2D eigenvalue weighted by Crippen LogP contribution is 2.28. The third-order valence-electron chi connectivity index (χ3n) is 2.82. The van der Waals surface area contributed by atoms with Gasteiger partial charge in [-0.05, 0) is 42.2 Å². The Hall–Kier alpha value is -2.12. The smallest absolute Gasteiger partial charge is 0.132 e. The fraction of sp³-hybridized carbons (Fsp3) is 0.188. The van der Waals surface area contributed by atoms with E-state index in [9.17, 15) is 0 Å². The van der Waals surface area contributed by atoms with Gasteiger partial charge >= 0.3 is 0 Å². The summed E-state index contributed by atoms with van der Waals surface area (Å²) in [6.07, 6.45) is 2.02. The van der Waals surface area contributed by atoms with E-state index in [4.69, 9.17) is 14.7 Å². The van der Waals surface area contributed by atoms with Crippen molar-refractivity contribution in [3.05, 3.63) is 53.6 Å². The van der Waals surface area contributed by atoms with E-state index in [0.717, 1.165) is 16.2 Å². The van der Waals surface area contributed by atoms with Crippen LogP contribution in [0.15, 0.2) is 47.4 Å². The molecule has 0 atom stereocenters. The summed E-state index contributed by atoms with van der Waals surface area (Å²) in [5, 5.41) is 8.85. The molecule has 0 N–H and O–H groups in total. The van der Waals surface area contributed by atoms with Crippen LogP contribution in [-0.2, 0) is 6.61 Å². The number of nitrogens with zero attached hydrogens (tertiary/aromatic N) is 1. The van der Waals surface area contributed by atoms with Crippen LogP contribution in [0.2, 0.25) is 0 Å². The van der Waals surface area contributed by atoms with Gasteiger partial charge in [-0.2, -0.15) is 5.26 Å². The van der Waals surface area contributed by atoms with Gasteiger partial charge in [0.2, 0.25) is 0 Å². The van der Waals surface area contributed by atoms with Gasteiger partial charge in [0.25, 0.3) is 0 Å². The summed E-state index contributed by atoms with van der Waals surface area (Å²) < 4.78 is 11.0. The molecule has 0 aliphatic carbocycles.